The fourth-order valence-electron chi connectivity index (χ4n) is 7.08. The van der Waals surface area contributed by atoms with Gasteiger partial charge in [0.1, 0.15) is 17.8 Å². The Morgan fingerprint density at radius 2 is 1.71 bits per heavy atom. The molecule has 8 N–H and O–H groups in total. The summed E-state index contributed by atoms with van der Waals surface area (Å²) in [5, 5.41) is 11.0. The summed E-state index contributed by atoms with van der Waals surface area (Å²) >= 11 is 0. The van der Waals surface area contributed by atoms with Crippen LogP contribution in [0.2, 0.25) is 0 Å². The number of anilines is 1. The van der Waals surface area contributed by atoms with Crippen LogP contribution in [0.1, 0.15) is 64.3 Å². The first-order chi connectivity index (χ1) is 26.1. The van der Waals surface area contributed by atoms with Gasteiger partial charge in [0, 0.05) is 28.5 Å². The first-order valence-corrected chi connectivity index (χ1v) is 18.2. The zero-order valence-corrected chi connectivity index (χ0v) is 31.6. The SMILES string of the molecule is Cc1cc2cc(c1NC(=O)[C@H](CCN)NC(=O)c1c(C)nc(-c3ccc4c(c3)OCC4(C)C)nc1C)-c1cccc(c1)CC(=O)NCC(=O)NC(C(N)=O)C2. The van der Waals surface area contributed by atoms with E-state index in [2.05, 4.69) is 45.1 Å². The Bertz CT molecular complexity index is 2190. The van der Waals surface area contributed by atoms with Gasteiger partial charge in [-0.05, 0) is 68.1 Å². The van der Waals surface area contributed by atoms with Gasteiger partial charge in [-0.15, -0.1) is 0 Å². The van der Waals surface area contributed by atoms with Crippen molar-refractivity contribution in [3.05, 3.63) is 93.8 Å². The lowest BCUT2D eigenvalue weighted by Gasteiger charge is -2.23. The number of nitrogens with one attached hydrogen (secondary N) is 4. The molecule has 2 aliphatic rings. The third kappa shape index (κ3) is 8.49. The number of nitrogens with two attached hydrogens (primary N) is 2. The van der Waals surface area contributed by atoms with Crippen LogP contribution in [0.25, 0.3) is 22.5 Å². The molecular formula is C41H46N8O6. The van der Waals surface area contributed by atoms with E-state index in [1.54, 1.807) is 39.0 Å². The molecule has 0 radical (unpaired) electrons. The van der Waals surface area contributed by atoms with E-state index < -0.39 is 35.7 Å². The van der Waals surface area contributed by atoms with Crippen molar-refractivity contribution < 1.29 is 28.7 Å². The highest BCUT2D eigenvalue weighted by Gasteiger charge is 2.32. The van der Waals surface area contributed by atoms with E-state index in [0.29, 0.717) is 57.3 Å². The number of aromatic nitrogens is 2. The highest BCUT2D eigenvalue weighted by molar-refractivity contribution is 6.04. The van der Waals surface area contributed by atoms with Crippen LogP contribution in [-0.2, 0) is 37.4 Å². The van der Waals surface area contributed by atoms with Gasteiger partial charge in [-0.25, -0.2) is 9.97 Å². The second-order valence-electron chi connectivity index (χ2n) is 14.8. The van der Waals surface area contributed by atoms with Gasteiger partial charge >= 0.3 is 0 Å². The van der Waals surface area contributed by atoms with E-state index in [0.717, 1.165) is 16.9 Å². The van der Waals surface area contributed by atoms with Crippen molar-refractivity contribution in [3.63, 3.8) is 0 Å². The van der Waals surface area contributed by atoms with Gasteiger partial charge in [0.25, 0.3) is 5.91 Å². The maximum atomic E-state index is 14.1. The number of carbonyl (C=O) groups excluding carboxylic acids is 5. The molecule has 6 rings (SSSR count). The second-order valence-corrected chi connectivity index (χ2v) is 14.8. The summed E-state index contributed by atoms with van der Waals surface area (Å²) in [5.74, 6) is -1.45. The molecule has 14 heteroatoms. The van der Waals surface area contributed by atoms with Gasteiger partial charge < -0.3 is 37.5 Å². The minimum Gasteiger partial charge on any atom is -0.492 e. The Balaban J connectivity index is 1.29. The molecular weight excluding hydrogens is 701 g/mol. The molecule has 0 spiro atoms. The van der Waals surface area contributed by atoms with E-state index in [1.165, 1.54) is 0 Å². The molecule has 5 amide bonds. The van der Waals surface area contributed by atoms with Gasteiger partial charge in [0.05, 0.1) is 42.2 Å². The Kier molecular flexibility index (Phi) is 11.0. The quantitative estimate of drug-likeness (QED) is 0.156. The Labute approximate surface area is 319 Å². The van der Waals surface area contributed by atoms with Crippen LogP contribution >= 0.6 is 0 Å². The maximum Gasteiger partial charge on any atom is 0.255 e. The summed E-state index contributed by atoms with van der Waals surface area (Å²) in [6.45, 7) is 9.89. The fraction of sp³-hybridized carbons (Fsp3) is 0.341. The molecule has 1 aromatic heterocycles. The molecule has 3 heterocycles. The zero-order chi connectivity index (χ0) is 39.6. The van der Waals surface area contributed by atoms with Gasteiger partial charge in [-0.2, -0.15) is 0 Å². The van der Waals surface area contributed by atoms with Crippen LogP contribution in [0, 0.1) is 20.8 Å². The molecule has 0 saturated carbocycles. The average molecular weight is 747 g/mol. The molecule has 3 aromatic carbocycles. The molecule has 0 aliphatic carbocycles. The normalized spacial score (nSPS) is 16.7. The molecule has 0 saturated heterocycles. The van der Waals surface area contributed by atoms with E-state index >= 15 is 0 Å². The second kappa shape index (κ2) is 15.7. The van der Waals surface area contributed by atoms with Crippen LogP contribution in [0.5, 0.6) is 5.75 Å². The largest absolute Gasteiger partial charge is 0.492 e. The number of amides is 5. The Hall–Kier alpha value is -6.15. The summed E-state index contributed by atoms with van der Waals surface area (Å²) in [6.07, 6.45) is 0.201. The molecule has 2 aliphatic heterocycles. The van der Waals surface area contributed by atoms with Crippen molar-refractivity contribution in [3.8, 4) is 28.3 Å². The topological polar surface area (TPSA) is 221 Å². The highest BCUT2D eigenvalue weighted by atomic mass is 16.5. The number of hydrogen-bond donors (Lipinski definition) is 6. The van der Waals surface area contributed by atoms with Crippen LogP contribution in [0.3, 0.4) is 0 Å². The van der Waals surface area contributed by atoms with Crippen molar-refractivity contribution >= 4 is 35.2 Å². The maximum absolute atomic E-state index is 14.1. The summed E-state index contributed by atoms with van der Waals surface area (Å²) in [6, 6.07) is 14.7. The average Bonchev–Trinajstić information content (AvgIpc) is 3.43. The predicted molar refractivity (Wildman–Crippen MR) is 207 cm³/mol. The van der Waals surface area contributed by atoms with Gasteiger partial charge in [0.2, 0.25) is 23.6 Å². The third-order valence-electron chi connectivity index (χ3n) is 9.94. The van der Waals surface area contributed by atoms with Crippen molar-refractivity contribution in [2.75, 3.05) is 25.0 Å². The summed E-state index contributed by atoms with van der Waals surface area (Å²) < 4.78 is 5.92. The number of ether oxygens (including phenoxy) is 1. The van der Waals surface area contributed by atoms with Crippen LogP contribution in [0.15, 0.2) is 54.6 Å². The van der Waals surface area contributed by atoms with Crippen LogP contribution in [0.4, 0.5) is 5.69 Å². The molecule has 55 heavy (non-hydrogen) atoms. The minimum absolute atomic E-state index is 0.00502. The number of carbonyl (C=O) groups is 5. The molecule has 0 fully saturated rings. The molecule has 4 bridgehead atoms. The Morgan fingerprint density at radius 1 is 0.964 bits per heavy atom. The first kappa shape index (κ1) is 38.6. The van der Waals surface area contributed by atoms with Gasteiger partial charge in [-0.1, -0.05) is 56.3 Å². The highest BCUT2D eigenvalue weighted by Crippen LogP contribution is 2.40. The van der Waals surface area contributed by atoms with E-state index in [9.17, 15) is 24.0 Å². The standard InChI is InChI=1S/C41H46N8O6/c1-21-13-25-15-28(26-8-6-7-24(14-26)17-33(50)44-19-34(51)47-31(16-25)37(43)52)36(21)49-39(53)30(11-12-42)48-40(54)35-22(2)45-38(46-23(35)3)27-9-10-29-32(18-27)55-20-41(29,4)5/h6-10,13-15,18,30-31H,11-12,16-17,19-20,42H2,1-5H3,(H2,43,52)(H,44,50)(H,47,51)(H,48,54)(H,49,53)/t30-,31?/m0/s1. The van der Waals surface area contributed by atoms with Crippen molar-refractivity contribution in [2.45, 2.75) is 71.4 Å². The number of primary amides is 1. The number of benzene rings is 3. The third-order valence-corrected chi connectivity index (χ3v) is 9.94. The lowest BCUT2D eigenvalue weighted by Crippen LogP contribution is -2.49. The number of aryl methyl sites for hydroxylation is 3. The summed E-state index contributed by atoms with van der Waals surface area (Å²) in [7, 11) is 0. The Morgan fingerprint density at radius 3 is 2.42 bits per heavy atom. The van der Waals surface area contributed by atoms with Crippen LogP contribution < -0.4 is 37.5 Å². The lowest BCUT2D eigenvalue weighted by atomic mass is 9.86. The monoisotopic (exact) mass is 746 g/mol. The number of rotatable bonds is 8. The first-order valence-electron chi connectivity index (χ1n) is 18.2. The number of nitrogens with zero attached hydrogens (tertiary/aromatic N) is 2. The van der Waals surface area contributed by atoms with Gasteiger partial charge in [0.15, 0.2) is 5.82 Å². The number of fused-ring (bicyclic) bond motifs is 6. The van der Waals surface area contributed by atoms with E-state index in [-0.39, 0.29) is 49.2 Å². The zero-order valence-electron chi connectivity index (χ0n) is 31.6. The molecule has 4 aromatic rings. The summed E-state index contributed by atoms with van der Waals surface area (Å²) in [5.41, 5.74) is 18.3. The fourth-order valence-corrected chi connectivity index (χ4v) is 7.08. The van der Waals surface area contributed by atoms with E-state index in [1.807, 2.05) is 36.4 Å². The van der Waals surface area contributed by atoms with Gasteiger partial charge in [-0.3, -0.25) is 24.0 Å². The smallest absolute Gasteiger partial charge is 0.255 e. The van der Waals surface area contributed by atoms with Crippen molar-refractivity contribution in [1.82, 2.24) is 25.9 Å². The molecule has 14 nitrogen and oxygen atoms in total. The summed E-state index contributed by atoms with van der Waals surface area (Å²) in [4.78, 5) is 74.8. The number of hydrogen-bond acceptors (Lipinski definition) is 9. The predicted octanol–water partition coefficient (Wildman–Crippen LogP) is 2.68. The van der Waals surface area contributed by atoms with E-state index in [4.69, 9.17) is 16.2 Å². The molecule has 2 atom stereocenters. The molecule has 1 unspecified atom stereocenters. The molecule has 286 valence electrons. The van der Waals surface area contributed by atoms with Crippen molar-refractivity contribution in [2.24, 2.45) is 11.5 Å². The van der Waals surface area contributed by atoms with Crippen molar-refractivity contribution in [1.29, 1.82) is 0 Å². The van der Waals surface area contributed by atoms with Crippen LogP contribution in [-0.4, -0.2) is 71.3 Å². The lowest BCUT2D eigenvalue weighted by molar-refractivity contribution is -0.128. The minimum atomic E-state index is -1.05.